The average Bonchev–Trinajstić information content (AvgIpc) is 2.96. The fourth-order valence-corrected chi connectivity index (χ4v) is 5.01. The Morgan fingerprint density at radius 1 is 1.29 bits per heavy atom. The summed E-state index contributed by atoms with van der Waals surface area (Å²) in [5.74, 6) is -1.03. The highest BCUT2D eigenvalue weighted by atomic mass is 35.5. The molecule has 2 saturated heterocycles. The van der Waals surface area contributed by atoms with Gasteiger partial charge in [-0.3, -0.25) is 9.59 Å². The van der Waals surface area contributed by atoms with Crippen molar-refractivity contribution in [1.29, 1.82) is 0 Å². The van der Waals surface area contributed by atoms with Crippen LogP contribution in [0.3, 0.4) is 0 Å². The number of ether oxygens (including phenoxy) is 1. The molecule has 0 aliphatic carbocycles. The quantitative estimate of drug-likeness (QED) is 0.671. The molecule has 10 heteroatoms. The molecule has 2 atom stereocenters. The van der Waals surface area contributed by atoms with E-state index in [1.54, 1.807) is 9.80 Å². The summed E-state index contributed by atoms with van der Waals surface area (Å²) in [6, 6.07) is 3.68. The van der Waals surface area contributed by atoms with Gasteiger partial charge in [0, 0.05) is 32.2 Å². The number of pyridine rings is 1. The highest BCUT2D eigenvalue weighted by Crippen LogP contribution is 2.47. The number of aromatic hydroxyl groups is 1. The van der Waals surface area contributed by atoms with Crippen molar-refractivity contribution in [3.05, 3.63) is 47.3 Å². The van der Waals surface area contributed by atoms with Crippen molar-refractivity contribution < 1.29 is 23.8 Å². The molecule has 5 rings (SSSR count). The number of piperazine rings is 1. The highest BCUT2D eigenvalue weighted by Gasteiger charge is 2.42. The number of hydrogen-bond acceptors (Lipinski definition) is 6. The first kappa shape index (κ1) is 22.5. The largest absolute Gasteiger partial charge is 0.507 e. The number of amides is 2. The summed E-state index contributed by atoms with van der Waals surface area (Å²) in [6.07, 6.45) is 2.17. The summed E-state index contributed by atoms with van der Waals surface area (Å²) in [5, 5.41) is 10.4. The van der Waals surface area contributed by atoms with Crippen molar-refractivity contribution in [3.63, 3.8) is 0 Å². The Balaban J connectivity index is 1.65. The summed E-state index contributed by atoms with van der Waals surface area (Å²) in [4.78, 5) is 35.8. The summed E-state index contributed by atoms with van der Waals surface area (Å²) in [7, 11) is 0. The number of carbonyl (C=O) groups is 2. The Morgan fingerprint density at radius 2 is 2.09 bits per heavy atom. The standard InChI is InChI=1S/C24H24ClFN4O4/c1-3-17(32)28-9-10-30-14(11-28)12-34-22-19(24(30)33)23(29-8-7-13(29)2)27-21(20(22)25)18-15(26)5-4-6-16(18)31/h3-6,13-14,31H,1,7-12H2,2H3/t13-,14+/m0/s1. The van der Waals surface area contributed by atoms with Gasteiger partial charge in [0.25, 0.3) is 5.91 Å². The van der Waals surface area contributed by atoms with Crippen LogP contribution in [-0.4, -0.2) is 76.6 Å². The zero-order valence-corrected chi connectivity index (χ0v) is 19.4. The maximum atomic E-state index is 14.8. The van der Waals surface area contributed by atoms with Gasteiger partial charge >= 0.3 is 0 Å². The molecule has 0 unspecified atom stereocenters. The van der Waals surface area contributed by atoms with E-state index in [-0.39, 0.29) is 63.8 Å². The Hall–Kier alpha value is -3.33. The van der Waals surface area contributed by atoms with Gasteiger partial charge < -0.3 is 24.5 Å². The molecule has 34 heavy (non-hydrogen) atoms. The van der Waals surface area contributed by atoms with Crippen molar-refractivity contribution in [3.8, 4) is 22.8 Å². The van der Waals surface area contributed by atoms with E-state index in [1.807, 2.05) is 11.8 Å². The van der Waals surface area contributed by atoms with E-state index in [0.29, 0.717) is 32.0 Å². The van der Waals surface area contributed by atoms with Crippen molar-refractivity contribution >= 4 is 29.2 Å². The molecular weight excluding hydrogens is 463 g/mol. The van der Waals surface area contributed by atoms with Crippen LogP contribution in [0.5, 0.6) is 11.5 Å². The van der Waals surface area contributed by atoms with E-state index in [1.165, 1.54) is 24.3 Å². The second-order valence-electron chi connectivity index (χ2n) is 8.72. The highest BCUT2D eigenvalue weighted by molar-refractivity contribution is 6.35. The normalized spacial score (nSPS) is 21.7. The van der Waals surface area contributed by atoms with Crippen LogP contribution in [0.25, 0.3) is 11.3 Å². The number of hydrogen-bond donors (Lipinski definition) is 1. The van der Waals surface area contributed by atoms with E-state index in [2.05, 4.69) is 11.6 Å². The third kappa shape index (κ3) is 3.46. The molecule has 0 radical (unpaired) electrons. The molecule has 3 aliphatic heterocycles. The van der Waals surface area contributed by atoms with Crippen LogP contribution >= 0.6 is 11.6 Å². The second-order valence-corrected chi connectivity index (χ2v) is 9.10. The summed E-state index contributed by atoms with van der Waals surface area (Å²) in [5.41, 5.74) is 0.0916. The van der Waals surface area contributed by atoms with E-state index < -0.39 is 5.82 Å². The van der Waals surface area contributed by atoms with E-state index >= 15 is 0 Å². The van der Waals surface area contributed by atoms with Crippen LogP contribution in [-0.2, 0) is 4.79 Å². The number of nitrogens with zero attached hydrogens (tertiary/aromatic N) is 4. The van der Waals surface area contributed by atoms with Gasteiger partial charge in [0.05, 0.1) is 11.6 Å². The lowest BCUT2D eigenvalue weighted by molar-refractivity contribution is -0.128. The SMILES string of the molecule is C=CC(=O)N1CCN2C(=O)c3c(N4CC[C@@H]4C)nc(-c4c(O)cccc4F)c(Cl)c3OC[C@H]2C1. The molecule has 2 aromatic rings. The van der Waals surface area contributed by atoms with Gasteiger partial charge in [-0.2, -0.15) is 0 Å². The Bertz CT molecular complexity index is 1190. The maximum Gasteiger partial charge on any atom is 0.261 e. The lowest BCUT2D eigenvalue weighted by Gasteiger charge is -2.42. The van der Waals surface area contributed by atoms with Crippen LogP contribution in [0.2, 0.25) is 5.02 Å². The molecule has 1 aromatic carbocycles. The summed E-state index contributed by atoms with van der Waals surface area (Å²) in [6.45, 7) is 7.32. The van der Waals surface area contributed by atoms with Crippen LogP contribution in [0, 0.1) is 5.82 Å². The molecule has 3 aliphatic rings. The maximum absolute atomic E-state index is 14.8. The van der Waals surface area contributed by atoms with Crippen LogP contribution in [0.15, 0.2) is 30.9 Å². The van der Waals surface area contributed by atoms with Crippen molar-refractivity contribution in [2.24, 2.45) is 0 Å². The molecule has 8 nitrogen and oxygen atoms in total. The minimum absolute atomic E-state index is 0.0150. The molecule has 1 N–H and O–H groups in total. The molecular formula is C24H24ClFN4O4. The third-order valence-corrected chi connectivity index (χ3v) is 7.11. The number of phenolic OH excluding ortho intramolecular Hbond substituents is 1. The Morgan fingerprint density at radius 3 is 2.74 bits per heavy atom. The first-order chi connectivity index (χ1) is 16.3. The number of phenols is 1. The number of rotatable bonds is 3. The molecule has 4 heterocycles. The van der Waals surface area contributed by atoms with Gasteiger partial charge in [-0.1, -0.05) is 24.2 Å². The van der Waals surface area contributed by atoms with E-state index in [9.17, 15) is 19.1 Å². The number of benzene rings is 1. The molecule has 0 saturated carbocycles. The fraction of sp³-hybridized carbons (Fsp3) is 0.375. The number of anilines is 1. The lowest BCUT2D eigenvalue weighted by Crippen LogP contribution is -2.57. The van der Waals surface area contributed by atoms with Gasteiger partial charge in [-0.25, -0.2) is 9.37 Å². The van der Waals surface area contributed by atoms with Crippen molar-refractivity contribution in [2.75, 3.05) is 37.7 Å². The average molecular weight is 487 g/mol. The topological polar surface area (TPSA) is 86.2 Å². The van der Waals surface area contributed by atoms with Crippen LogP contribution < -0.4 is 9.64 Å². The number of carbonyl (C=O) groups excluding carboxylic acids is 2. The number of aromatic nitrogens is 1. The molecule has 2 fully saturated rings. The van der Waals surface area contributed by atoms with Gasteiger partial charge in [-0.05, 0) is 31.6 Å². The molecule has 1 aromatic heterocycles. The number of fused-ring (bicyclic) bond motifs is 2. The van der Waals surface area contributed by atoms with Gasteiger partial charge in [0.15, 0.2) is 5.75 Å². The van der Waals surface area contributed by atoms with Gasteiger partial charge in [0.1, 0.15) is 40.3 Å². The lowest BCUT2D eigenvalue weighted by atomic mass is 10.0. The molecule has 0 spiro atoms. The predicted octanol–water partition coefficient (Wildman–Crippen LogP) is 3.08. The van der Waals surface area contributed by atoms with Crippen LogP contribution in [0.1, 0.15) is 23.7 Å². The minimum atomic E-state index is -0.687. The van der Waals surface area contributed by atoms with Gasteiger partial charge in [-0.15, -0.1) is 0 Å². The minimum Gasteiger partial charge on any atom is -0.507 e. The molecule has 2 amide bonds. The number of halogens is 2. The Kier molecular flexibility index (Phi) is 5.59. The fourth-order valence-electron chi connectivity index (χ4n) is 4.73. The first-order valence-corrected chi connectivity index (χ1v) is 11.5. The van der Waals surface area contributed by atoms with Gasteiger partial charge in [0.2, 0.25) is 5.91 Å². The smallest absolute Gasteiger partial charge is 0.261 e. The third-order valence-electron chi connectivity index (χ3n) is 6.76. The van der Waals surface area contributed by atoms with Crippen molar-refractivity contribution in [2.45, 2.75) is 25.4 Å². The monoisotopic (exact) mass is 486 g/mol. The summed E-state index contributed by atoms with van der Waals surface area (Å²) >= 11 is 6.68. The first-order valence-electron chi connectivity index (χ1n) is 11.1. The molecule has 0 bridgehead atoms. The van der Waals surface area contributed by atoms with Crippen molar-refractivity contribution in [1.82, 2.24) is 14.8 Å². The Labute approximate surface area is 201 Å². The van der Waals surface area contributed by atoms with Crippen LogP contribution in [0.4, 0.5) is 10.2 Å². The predicted molar refractivity (Wildman–Crippen MR) is 125 cm³/mol. The zero-order chi connectivity index (χ0) is 24.1. The van der Waals surface area contributed by atoms with E-state index in [0.717, 1.165) is 6.42 Å². The molecule has 178 valence electrons. The zero-order valence-electron chi connectivity index (χ0n) is 18.6. The summed E-state index contributed by atoms with van der Waals surface area (Å²) < 4.78 is 20.9. The second kappa shape index (κ2) is 8.47. The van der Waals surface area contributed by atoms with E-state index in [4.69, 9.17) is 16.3 Å².